The fraction of sp³-hybridized carbons (Fsp3) is 0.900. The van der Waals surface area contributed by atoms with E-state index >= 15 is 0 Å². The first kappa shape index (κ1) is 14.4. The van der Waals surface area contributed by atoms with Gasteiger partial charge in [0.05, 0.1) is 5.54 Å². The Balaban J connectivity index is 2.83. The van der Waals surface area contributed by atoms with Crippen molar-refractivity contribution < 1.29 is 8.42 Å². The fourth-order valence-electron chi connectivity index (χ4n) is 2.31. The third-order valence-electron chi connectivity index (χ3n) is 3.65. The van der Waals surface area contributed by atoms with E-state index in [-0.39, 0.29) is 5.84 Å². The molecule has 0 saturated heterocycles. The zero-order valence-corrected chi connectivity index (χ0v) is 11.2. The number of nitrogens with one attached hydrogen (secondary N) is 3. The normalized spacial score (nSPS) is 30.1. The molecule has 0 spiro atoms. The molecule has 1 saturated carbocycles. The quantitative estimate of drug-likeness (QED) is 0.423. The van der Waals surface area contributed by atoms with Gasteiger partial charge in [0, 0.05) is 7.05 Å². The molecule has 0 bridgehead atoms. The van der Waals surface area contributed by atoms with Gasteiger partial charge < -0.3 is 5.73 Å². The van der Waals surface area contributed by atoms with Crippen molar-refractivity contribution in [1.82, 2.24) is 9.44 Å². The second kappa shape index (κ2) is 5.32. The van der Waals surface area contributed by atoms with Crippen LogP contribution in [0.5, 0.6) is 0 Å². The van der Waals surface area contributed by atoms with Crippen molar-refractivity contribution in [2.45, 2.75) is 44.6 Å². The van der Waals surface area contributed by atoms with Gasteiger partial charge in [-0.2, -0.15) is 13.1 Å². The molecule has 0 unspecified atom stereocenters. The highest BCUT2D eigenvalue weighted by Crippen LogP contribution is 2.34. The molecule has 1 aliphatic carbocycles. The standard InChI is InChI=1S/C10H22N4O2S/c1-3-8-4-6-10(7-5-8,9(11)12)14-17(15,16)13-2/h8,13-14H,3-7H2,1-2H3,(H3,11,12). The van der Waals surface area contributed by atoms with E-state index in [1.165, 1.54) is 7.05 Å². The molecule has 0 amide bonds. The minimum atomic E-state index is -3.57. The SMILES string of the molecule is CCC1CCC(NS(=O)(=O)NC)(C(=N)N)CC1. The molecule has 6 nitrogen and oxygen atoms in total. The maximum atomic E-state index is 11.6. The topological polar surface area (TPSA) is 108 Å². The highest BCUT2D eigenvalue weighted by Gasteiger charge is 2.40. The van der Waals surface area contributed by atoms with Crippen LogP contribution in [-0.2, 0) is 10.2 Å². The Labute approximate surface area is 103 Å². The summed E-state index contributed by atoms with van der Waals surface area (Å²) in [6.45, 7) is 2.13. The van der Waals surface area contributed by atoms with Gasteiger partial charge in [0.2, 0.25) is 0 Å². The molecule has 1 fully saturated rings. The molecular weight excluding hydrogens is 240 g/mol. The van der Waals surface area contributed by atoms with Crippen molar-refractivity contribution in [3.05, 3.63) is 0 Å². The fourth-order valence-corrected chi connectivity index (χ4v) is 3.24. The Morgan fingerprint density at radius 2 is 2.00 bits per heavy atom. The number of rotatable bonds is 5. The second-order valence-corrected chi connectivity index (χ2v) is 6.28. The van der Waals surface area contributed by atoms with Crippen LogP contribution in [0.3, 0.4) is 0 Å². The summed E-state index contributed by atoms with van der Waals surface area (Å²) in [5.74, 6) is 0.521. The summed E-state index contributed by atoms with van der Waals surface area (Å²) >= 11 is 0. The van der Waals surface area contributed by atoms with Crippen LogP contribution >= 0.6 is 0 Å². The van der Waals surface area contributed by atoms with Crippen LogP contribution in [0, 0.1) is 11.3 Å². The lowest BCUT2D eigenvalue weighted by atomic mass is 9.75. The highest BCUT2D eigenvalue weighted by atomic mass is 32.2. The van der Waals surface area contributed by atoms with Crippen molar-refractivity contribution in [3.8, 4) is 0 Å². The Morgan fingerprint density at radius 1 is 1.47 bits per heavy atom. The van der Waals surface area contributed by atoms with Gasteiger partial charge in [-0.05, 0) is 31.6 Å². The van der Waals surface area contributed by atoms with Gasteiger partial charge in [-0.3, -0.25) is 5.41 Å². The molecule has 0 atom stereocenters. The van der Waals surface area contributed by atoms with E-state index in [0.717, 1.165) is 19.3 Å². The summed E-state index contributed by atoms with van der Waals surface area (Å²) in [6, 6.07) is 0. The van der Waals surface area contributed by atoms with Gasteiger partial charge in [-0.1, -0.05) is 13.3 Å². The minimum absolute atomic E-state index is 0.0918. The van der Waals surface area contributed by atoms with Gasteiger partial charge in [0.15, 0.2) is 0 Å². The molecule has 17 heavy (non-hydrogen) atoms. The third kappa shape index (κ3) is 3.40. The molecule has 5 N–H and O–H groups in total. The van der Waals surface area contributed by atoms with E-state index in [9.17, 15) is 8.42 Å². The van der Waals surface area contributed by atoms with Gasteiger partial charge in [-0.25, -0.2) is 4.72 Å². The predicted molar refractivity (Wildman–Crippen MR) is 68.0 cm³/mol. The average Bonchev–Trinajstić information content (AvgIpc) is 2.29. The molecule has 0 aromatic carbocycles. The van der Waals surface area contributed by atoms with Crippen LogP contribution in [0.4, 0.5) is 0 Å². The molecule has 0 heterocycles. The summed E-state index contributed by atoms with van der Waals surface area (Å²) in [7, 11) is -2.23. The highest BCUT2D eigenvalue weighted by molar-refractivity contribution is 7.87. The Hall–Kier alpha value is -0.660. The van der Waals surface area contributed by atoms with E-state index in [4.69, 9.17) is 11.1 Å². The summed E-state index contributed by atoms with van der Waals surface area (Å²) in [6.07, 6.45) is 4.10. The van der Waals surface area contributed by atoms with Crippen LogP contribution in [0.15, 0.2) is 0 Å². The maximum absolute atomic E-state index is 11.6. The van der Waals surface area contributed by atoms with Crippen molar-refractivity contribution in [2.75, 3.05) is 7.05 Å². The molecule has 100 valence electrons. The van der Waals surface area contributed by atoms with Crippen LogP contribution < -0.4 is 15.2 Å². The van der Waals surface area contributed by atoms with Gasteiger partial charge in [0.25, 0.3) is 10.2 Å². The van der Waals surface area contributed by atoms with E-state index < -0.39 is 15.7 Å². The Kier molecular flexibility index (Phi) is 4.51. The van der Waals surface area contributed by atoms with E-state index in [1.807, 2.05) is 0 Å². The predicted octanol–water partition coefficient (Wildman–Crippen LogP) is 0.315. The van der Waals surface area contributed by atoms with Crippen LogP contribution in [-0.4, -0.2) is 26.8 Å². The van der Waals surface area contributed by atoms with Crippen LogP contribution in [0.1, 0.15) is 39.0 Å². The van der Waals surface area contributed by atoms with Crippen molar-refractivity contribution in [1.29, 1.82) is 5.41 Å². The minimum Gasteiger partial charge on any atom is -0.386 e. The molecule has 0 aromatic heterocycles. The largest absolute Gasteiger partial charge is 0.386 e. The van der Waals surface area contributed by atoms with Crippen LogP contribution in [0.2, 0.25) is 0 Å². The summed E-state index contributed by atoms with van der Waals surface area (Å²) < 4.78 is 27.8. The summed E-state index contributed by atoms with van der Waals surface area (Å²) in [5, 5.41) is 7.64. The monoisotopic (exact) mass is 262 g/mol. The Bertz CT molecular complexity index is 372. The maximum Gasteiger partial charge on any atom is 0.277 e. The van der Waals surface area contributed by atoms with Crippen LogP contribution in [0.25, 0.3) is 0 Å². The first-order valence-electron chi connectivity index (χ1n) is 5.92. The molecule has 7 heteroatoms. The smallest absolute Gasteiger partial charge is 0.277 e. The van der Waals surface area contributed by atoms with E-state index in [1.54, 1.807) is 0 Å². The van der Waals surface area contributed by atoms with Gasteiger partial charge >= 0.3 is 0 Å². The average molecular weight is 262 g/mol. The van der Waals surface area contributed by atoms with Gasteiger partial charge in [-0.15, -0.1) is 0 Å². The number of amidine groups is 1. The first-order chi connectivity index (χ1) is 7.85. The lowest BCUT2D eigenvalue weighted by molar-refractivity contribution is 0.265. The molecular formula is C10H22N4O2S. The van der Waals surface area contributed by atoms with E-state index in [2.05, 4.69) is 16.4 Å². The van der Waals surface area contributed by atoms with Crippen molar-refractivity contribution in [3.63, 3.8) is 0 Å². The third-order valence-corrected chi connectivity index (χ3v) is 4.85. The van der Waals surface area contributed by atoms with Gasteiger partial charge in [0.1, 0.15) is 5.84 Å². The molecule has 1 aliphatic rings. The molecule has 0 aliphatic heterocycles. The summed E-state index contributed by atoms with van der Waals surface area (Å²) in [4.78, 5) is 0. The number of hydrogen-bond acceptors (Lipinski definition) is 3. The van der Waals surface area contributed by atoms with Crippen molar-refractivity contribution in [2.24, 2.45) is 11.7 Å². The molecule has 0 aromatic rings. The van der Waals surface area contributed by atoms with E-state index in [0.29, 0.717) is 18.8 Å². The lowest BCUT2D eigenvalue weighted by Gasteiger charge is -2.39. The number of hydrogen-bond donors (Lipinski definition) is 4. The second-order valence-electron chi connectivity index (χ2n) is 4.66. The lowest BCUT2D eigenvalue weighted by Crippen LogP contribution is -2.60. The first-order valence-corrected chi connectivity index (χ1v) is 7.40. The molecule has 0 radical (unpaired) electrons. The summed E-state index contributed by atoms with van der Waals surface area (Å²) in [5.41, 5.74) is 4.68. The Morgan fingerprint density at radius 3 is 2.35 bits per heavy atom. The zero-order valence-electron chi connectivity index (χ0n) is 10.4. The number of nitrogens with two attached hydrogens (primary N) is 1. The zero-order chi connectivity index (χ0) is 13.1. The molecule has 1 rings (SSSR count). The van der Waals surface area contributed by atoms with Crippen molar-refractivity contribution >= 4 is 16.0 Å².